The number of hydrogen-bond acceptors (Lipinski definition) is 3. The van der Waals surface area contributed by atoms with Crippen molar-refractivity contribution in [2.24, 2.45) is 0 Å². The van der Waals surface area contributed by atoms with Crippen LogP contribution in [0.2, 0.25) is 5.02 Å². The Morgan fingerprint density at radius 3 is 2.67 bits per heavy atom. The van der Waals surface area contributed by atoms with E-state index in [9.17, 15) is 13.6 Å². The van der Waals surface area contributed by atoms with Gasteiger partial charge in [-0.3, -0.25) is 9.89 Å². The third-order valence-corrected chi connectivity index (χ3v) is 2.93. The minimum atomic E-state index is -1.14. The number of aromatic amines is 1. The molecule has 0 saturated carbocycles. The van der Waals surface area contributed by atoms with Crippen molar-refractivity contribution in [3.05, 3.63) is 46.1 Å². The van der Waals surface area contributed by atoms with Crippen molar-refractivity contribution in [1.29, 1.82) is 0 Å². The maximum atomic E-state index is 13.2. The fourth-order valence-electron chi connectivity index (χ4n) is 1.73. The lowest BCUT2D eigenvalue weighted by atomic mass is 10.2. The van der Waals surface area contributed by atoms with Gasteiger partial charge in [-0.25, -0.2) is 8.78 Å². The second-order valence-electron chi connectivity index (χ2n) is 4.72. The van der Waals surface area contributed by atoms with Gasteiger partial charge in [0.25, 0.3) is 5.91 Å². The first-order valence-electron chi connectivity index (χ1n) is 6.01. The van der Waals surface area contributed by atoms with Gasteiger partial charge in [-0.05, 0) is 26.2 Å². The summed E-state index contributed by atoms with van der Waals surface area (Å²) in [5.74, 6) is -2.64. The lowest BCUT2D eigenvalue weighted by molar-refractivity contribution is 0.102. The highest BCUT2D eigenvalue weighted by Crippen LogP contribution is 2.21. The number of halogens is 3. The fraction of sp³-hybridized carbons (Fsp3) is 0.231. The van der Waals surface area contributed by atoms with Gasteiger partial charge < -0.3 is 10.2 Å². The molecule has 5 nitrogen and oxygen atoms in total. The molecule has 0 bridgehead atoms. The zero-order valence-corrected chi connectivity index (χ0v) is 12.1. The first kappa shape index (κ1) is 15.4. The van der Waals surface area contributed by atoms with Crippen LogP contribution < -0.4 is 5.32 Å². The maximum Gasteiger partial charge on any atom is 0.258 e. The van der Waals surface area contributed by atoms with Gasteiger partial charge in [-0.2, -0.15) is 5.10 Å². The molecule has 2 N–H and O–H groups in total. The Morgan fingerprint density at radius 1 is 1.33 bits per heavy atom. The van der Waals surface area contributed by atoms with Crippen molar-refractivity contribution in [3.8, 4) is 0 Å². The molecule has 2 rings (SSSR count). The highest BCUT2D eigenvalue weighted by atomic mass is 35.5. The minimum Gasteiger partial charge on any atom is -0.305 e. The molecule has 1 aromatic heterocycles. The number of carbonyl (C=O) groups is 1. The molecule has 1 amide bonds. The van der Waals surface area contributed by atoms with E-state index in [2.05, 4.69) is 15.5 Å². The Labute approximate surface area is 124 Å². The van der Waals surface area contributed by atoms with Crippen LogP contribution in [0.3, 0.4) is 0 Å². The zero-order valence-electron chi connectivity index (χ0n) is 11.4. The molecule has 0 aliphatic heterocycles. The summed E-state index contributed by atoms with van der Waals surface area (Å²) in [5.41, 5.74) is 0.638. The van der Waals surface area contributed by atoms with Crippen molar-refractivity contribution in [2.75, 3.05) is 19.4 Å². The standard InChI is InChI=1S/C13H13ClF2N4O/c1-20(2)6-7-3-12(19-18-7)17-13(21)8-4-10(15)11(16)5-9(8)14/h3-5H,6H2,1-2H3,(H2,17,18,19,21). The fourth-order valence-corrected chi connectivity index (χ4v) is 1.96. The summed E-state index contributed by atoms with van der Waals surface area (Å²) in [6.07, 6.45) is 0. The van der Waals surface area contributed by atoms with E-state index in [0.29, 0.717) is 6.54 Å². The molecule has 0 aliphatic carbocycles. The number of nitrogens with one attached hydrogen (secondary N) is 2. The molecule has 0 spiro atoms. The van der Waals surface area contributed by atoms with Gasteiger partial charge >= 0.3 is 0 Å². The van der Waals surface area contributed by atoms with Gasteiger partial charge in [0.05, 0.1) is 16.3 Å². The van der Waals surface area contributed by atoms with Crippen LogP contribution >= 0.6 is 11.6 Å². The number of hydrogen-bond donors (Lipinski definition) is 2. The van der Waals surface area contributed by atoms with Crippen LogP contribution in [0.4, 0.5) is 14.6 Å². The van der Waals surface area contributed by atoms with Gasteiger partial charge in [-0.1, -0.05) is 11.6 Å². The Hall–Kier alpha value is -1.99. The molecule has 1 heterocycles. The number of aromatic nitrogens is 2. The quantitative estimate of drug-likeness (QED) is 0.853. The lowest BCUT2D eigenvalue weighted by Crippen LogP contribution is -2.13. The van der Waals surface area contributed by atoms with E-state index in [1.54, 1.807) is 6.07 Å². The Morgan fingerprint density at radius 2 is 2.00 bits per heavy atom. The molecular weight excluding hydrogens is 302 g/mol. The van der Waals surface area contributed by atoms with Crippen LogP contribution in [-0.2, 0) is 6.54 Å². The number of H-pyrrole nitrogens is 1. The summed E-state index contributed by atoms with van der Waals surface area (Å²) in [6, 6.07) is 3.15. The summed E-state index contributed by atoms with van der Waals surface area (Å²) >= 11 is 5.73. The molecule has 0 unspecified atom stereocenters. The van der Waals surface area contributed by atoms with E-state index in [1.807, 2.05) is 19.0 Å². The van der Waals surface area contributed by atoms with E-state index in [0.717, 1.165) is 17.8 Å². The van der Waals surface area contributed by atoms with Crippen LogP contribution in [0.15, 0.2) is 18.2 Å². The third-order valence-electron chi connectivity index (χ3n) is 2.61. The summed E-state index contributed by atoms with van der Waals surface area (Å²) in [7, 11) is 3.78. The predicted octanol–water partition coefficient (Wildman–Crippen LogP) is 2.66. The number of benzene rings is 1. The van der Waals surface area contributed by atoms with Gasteiger partial charge in [0.2, 0.25) is 0 Å². The number of carbonyl (C=O) groups excluding carboxylic acids is 1. The largest absolute Gasteiger partial charge is 0.305 e. The molecule has 112 valence electrons. The molecule has 0 atom stereocenters. The molecule has 0 aliphatic rings. The lowest BCUT2D eigenvalue weighted by Gasteiger charge is -2.06. The molecular formula is C13H13ClF2N4O. The van der Waals surface area contributed by atoms with E-state index < -0.39 is 17.5 Å². The van der Waals surface area contributed by atoms with E-state index in [-0.39, 0.29) is 16.4 Å². The molecule has 8 heteroatoms. The Kier molecular flexibility index (Phi) is 4.54. The van der Waals surface area contributed by atoms with Gasteiger partial charge in [-0.15, -0.1) is 0 Å². The summed E-state index contributed by atoms with van der Waals surface area (Å²) in [5, 5.41) is 8.96. The van der Waals surface area contributed by atoms with E-state index in [4.69, 9.17) is 11.6 Å². The SMILES string of the molecule is CN(C)Cc1cc(NC(=O)c2cc(F)c(F)cc2Cl)n[nH]1. The number of rotatable bonds is 4. The van der Waals surface area contributed by atoms with Gasteiger partial charge in [0, 0.05) is 12.6 Å². The van der Waals surface area contributed by atoms with Crippen molar-refractivity contribution >= 4 is 23.3 Å². The molecule has 0 radical (unpaired) electrons. The van der Waals surface area contributed by atoms with Crippen molar-refractivity contribution < 1.29 is 13.6 Å². The highest BCUT2D eigenvalue weighted by Gasteiger charge is 2.16. The second-order valence-corrected chi connectivity index (χ2v) is 5.12. The molecule has 1 aromatic carbocycles. The van der Waals surface area contributed by atoms with Crippen molar-refractivity contribution in [2.45, 2.75) is 6.54 Å². The zero-order chi connectivity index (χ0) is 15.6. The minimum absolute atomic E-state index is 0.160. The van der Waals surface area contributed by atoms with Gasteiger partial charge in [0.1, 0.15) is 0 Å². The summed E-state index contributed by atoms with van der Waals surface area (Å²) < 4.78 is 26.1. The summed E-state index contributed by atoms with van der Waals surface area (Å²) in [6.45, 7) is 0.620. The molecule has 21 heavy (non-hydrogen) atoms. The van der Waals surface area contributed by atoms with Crippen molar-refractivity contribution in [3.63, 3.8) is 0 Å². The van der Waals surface area contributed by atoms with Gasteiger partial charge in [0.15, 0.2) is 17.5 Å². The van der Waals surface area contributed by atoms with Crippen LogP contribution in [0.1, 0.15) is 16.1 Å². The first-order valence-corrected chi connectivity index (χ1v) is 6.39. The average molecular weight is 315 g/mol. The molecule has 2 aromatic rings. The number of nitrogens with zero attached hydrogens (tertiary/aromatic N) is 2. The normalized spacial score (nSPS) is 11.0. The third kappa shape index (κ3) is 3.77. The van der Waals surface area contributed by atoms with Crippen LogP contribution in [0, 0.1) is 11.6 Å². The van der Waals surface area contributed by atoms with Crippen LogP contribution in [-0.4, -0.2) is 35.1 Å². The second kappa shape index (κ2) is 6.19. The van der Waals surface area contributed by atoms with Crippen LogP contribution in [0.5, 0.6) is 0 Å². The number of anilines is 1. The summed E-state index contributed by atoms with van der Waals surface area (Å²) in [4.78, 5) is 13.9. The smallest absolute Gasteiger partial charge is 0.258 e. The predicted molar refractivity (Wildman–Crippen MR) is 75.3 cm³/mol. The maximum absolute atomic E-state index is 13.2. The first-order chi connectivity index (χ1) is 9.86. The average Bonchev–Trinajstić information content (AvgIpc) is 2.80. The topological polar surface area (TPSA) is 61.0 Å². The highest BCUT2D eigenvalue weighted by molar-refractivity contribution is 6.34. The molecule has 0 fully saturated rings. The van der Waals surface area contributed by atoms with E-state index in [1.165, 1.54) is 0 Å². The van der Waals surface area contributed by atoms with Crippen LogP contribution in [0.25, 0.3) is 0 Å². The molecule has 0 saturated heterocycles. The Balaban J connectivity index is 2.14. The monoisotopic (exact) mass is 314 g/mol. The van der Waals surface area contributed by atoms with Crippen molar-refractivity contribution in [1.82, 2.24) is 15.1 Å². The van der Waals surface area contributed by atoms with E-state index >= 15 is 0 Å². The number of amides is 1. The Bertz CT molecular complexity index is 672.